The highest BCUT2D eigenvalue weighted by atomic mass is 32.1. The maximum Gasteiger partial charge on any atom is 0.234 e. The van der Waals surface area contributed by atoms with Crippen molar-refractivity contribution >= 4 is 28.2 Å². The summed E-state index contributed by atoms with van der Waals surface area (Å²) in [7, 11) is 1.96. The molecule has 0 saturated carbocycles. The van der Waals surface area contributed by atoms with Gasteiger partial charge in [-0.15, -0.1) is 11.3 Å². The van der Waals surface area contributed by atoms with Gasteiger partial charge in [0.25, 0.3) is 0 Å². The van der Waals surface area contributed by atoms with E-state index in [1.807, 2.05) is 49.2 Å². The van der Waals surface area contributed by atoms with Crippen LogP contribution in [-0.4, -0.2) is 24.4 Å². The minimum Gasteiger partial charge on any atom is -0.459 e. The van der Waals surface area contributed by atoms with Crippen LogP contribution in [-0.2, 0) is 11.3 Å². The van der Waals surface area contributed by atoms with Crippen molar-refractivity contribution in [2.45, 2.75) is 26.4 Å². The van der Waals surface area contributed by atoms with Gasteiger partial charge in [0, 0.05) is 16.8 Å². The Hall–Kier alpha value is -2.11. The van der Waals surface area contributed by atoms with Crippen LogP contribution >= 0.6 is 11.3 Å². The van der Waals surface area contributed by atoms with Gasteiger partial charge in [0.05, 0.1) is 12.6 Å². The van der Waals surface area contributed by atoms with Gasteiger partial charge in [-0.3, -0.25) is 9.69 Å². The molecule has 0 unspecified atom stereocenters. The predicted octanol–water partition coefficient (Wildman–Crippen LogP) is 4.11. The average molecular weight is 342 g/mol. The van der Waals surface area contributed by atoms with Gasteiger partial charge >= 0.3 is 0 Å². The van der Waals surface area contributed by atoms with Gasteiger partial charge in [-0.25, -0.2) is 0 Å². The van der Waals surface area contributed by atoms with Crippen LogP contribution in [0.5, 0.6) is 0 Å². The molecular formula is C19H22N2O2S. The minimum atomic E-state index is -0.151. The van der Waals surface area contributed by atoms with Crippen molar-refractivity contribution in [1.82, 2.24) is 10.2 Å². The lowest BCUT2D eigenvalue weighted by Gasteiger charge is -2.18. The smallest absolute Gasteiger partial charge is 0.234 e. The fraction of sp³-hybridized carbons (Fsp3) is 0.316. The number of thiophene rings is 1. The number of benzene rings is 1. The van der Waals surface area contributed by atoms with Crippen LogP contribution in [0, 0.1) is 6.92 Å². The highest BCUT2D eigenvalue weighted by Crippen LogP contribution is 2.23. The first-order chi connectivity index (χ1) is 11.5. The molecule has 1 atom stereocenters. The molecule has 126 valence electrons. The second-order valence-electron chi connectivity index (χ2n) is 6.17. The normalized spacial score (nSPS) is 12.7. The summed E-state index contributed by atoms with van der Waals surface area (Å²) in [5.74, 6) is 0.779. The molecular weight excluding hydrogens is 320 g/mol. The van der Waals surface area contributed by atoms with Gasteiger partial charge in [-0.2, -0.15) is 0 Å². The fourth-order valence-electron chi connectivity index (χ4n) is 2.69. The number of carbonyl (C=O) groups is 1. The lowest BCUT2D eigenvalue weighted by Crippen LogP contribution is -2.36. The molecule has 4 nitrogen and oxygen atoms in total. The largest absolute Gasteiger partial charge is 0.459 e. The number of nitrogens with zero attached hydrogens (tertiary/aromatic N) is 1. The highest BCUT2D eigenvalue weighted by Gasteiger charge is 2.15. The first-order valence-corrected chi connectivity index (χ1v) is 8.90. The van der Waals surface area contributed by atoms with E-state index in [4.69, 9.17) is 4.42 Å². The molecule has 0 aliphatic heterocycles. The molecule has 24 heavy (non-hydrogen) atoms. The van der Waals surface area contributed by atoms with Crippen LogP contribution in [0.2, 0.25) is 0 Å². The van der Waals surface area contributed by atoms with E-state index in [0.717, 1.165) is 23.3 Å². The Bertz CT molecular complexity index is 804. The molecule has 5 heteroatoms. The summed E-state index contributed by atoms with van der Waals surface area (Å²) in [6, 6.07) is 11.8. The zero-order chi connectivity index (χ0) is 17.1. The summed E-state index contributed by atoms with van der Waals surface area (Å²) in [4.78, 5) is 15.6. The summed E-state index contributed by atoms with van der Waals surface area (Å²) in [6.45, 7) is 5.19. The Kier molecular flexibility index (Phi) is 5.02. The molecule has 2 heterocycles. The lowest BCUT2D eigenvalue weighted by atomic mass is 10.2. The molecule has 0 saturated heterocycles. The summed E-state index contributed by atoms with van der Waals surface area (Å²) in [5, 5.41) is 6.15. The number of nitrogens with one attached hydrogen (secondary N) is 1. The Morgan fingerprint density at radius 2 is 2.12 bits per heavy atom. The van der Waals surface area contributed by atoms with Crippen LogP contribution < -0.4 is 5.32 Å². The third-order valence-corrected chi connectivity index (χ3v) is 5.05. The molecule has 0 fully saturated rings. The van der Waals surface area contributed by atoms with Crippen molar-refractivity contribution < 1.29 is 9.21 Å². The van der Waals surface area contributed by atoms with Crippen molar-refractivity contribution in [3.05, 3.63) is 58.0 Å². The number of hydrogen-bond donors (Lipinski definition) is 1. The Balaban J connectivity index is 1.56. The Labute approximate surface area is 146 Å². The van der Waals surface area contributed by atoms with E-state index >= 15 is 0 Å². The maximum atomic E-state index is 12.3. The zero-order valence-corrected chi connectivity index (χ0v) is 15.0. The first-order valence-electron chi connectivity index (χ1n) is 8.02. The second-order valence-corrected chi connectivity index (χ2v) is 7.18. The Morgan fingerprint density at radius 1 is 1.33 bits per heavy atom. The van der Waals surface area contributed by atoms with E-state index in [1.54, 1.807) is 11.3 Å². The van der Waals surface area contributed by atoms with E-state index in [-0.39, 0.29) is 11.9 Å². The summed E-state index contributed by atoms with van der Waals surface area (Å²) >= 11 is 1.73. The van der Waals surface area contributed by atoms with Gasteiger partial charge < -0.3 is 9.73 Å². The third-order valence-electron chi connectivity index (χ3n) is 4.04. The van der Waals surface area contributed by atoms with Crippen LogP contribution in [0.1, 0.15) is 29.2 Å². The average Bonchev–Trinajstić information content (AvgIpc) is 3.13. The quantitative estimate of drug-likeness (QED) is 0.733. The number of rotatable bonds is 6. The van der Waals surface area contributed by atoms with Crippen LogP contribution in [0.25, 0.3) is 11.0 Å². The zero-order valence-electron chi connectivity index (χ0n) is 14.2. The topological polar surface area (TPSA) is 45.5 Å². The molecule has 1 aromatic carbocycles. The van der Waals surface area contributed by atoms with Crippen molar-refractivity contribution in [3.8, 4) is 0 Å². The van der Waals surface area contributed by atoms with E-state index < -0.39 is 0 Å². The van der Waals surface area contributed by atoms with Gasteiger partial charge in [-0.05, 0) is 50.0 Å². The fourth-order valence-corrected chi connectivity index (χ4v) is 3.67. The molecule has 3 aromatic rings. The molecule has 1 amide bonds. The number of furan rings is 1. The van der Waals surface area contributed by atoms with Crippen molar-refractivity contribution in [2.24, 2.45) is 0 Å². The van der Waals surface area contributed by atoms with Gasteiger partial charge in [0.15, 0.2) is 0 Å². The standard InChI is InChI=1S/C19H22N2O2S/c1-13-8-9-24-18(13)11-21(3)12-19(22)20-14(2)17-10-15-6-4-5-7-16(15)23-17/h4-10,14H,11-12H2,1-3H3,(H,20,22)/t14-/m0/s1. The van der Waals surface area contributed by atoms with E-state index in [9.17, 15) is 4.79 Å². The highest BCUT2D eigenvalue weighted by molar-refractivity contribution is 7.10. The number of carbonyl (C=O) groups excluding carboxylic acids is 1. The number of fused-ring (bicyclic) bond motifs is 1. The van der Waals surface area contributed by atoms with Crippen molar-refractivity contribution in [3.63, 3.8) is 0 Å². The van der Waals surface area contributed by atoms with Gasteiger partial charge in [0.1, 0.15) is 11.3 Å². The number of hydrogen-bond acceptors (Lipinski definition) is 4. The van der Waals surface area contributed by atoms with Crippen LogP contribution in [0.15, 0.2) is 46.2 Å². The molecule has 1 N–H and O–H groups in total. The number of aryl methyl sites for hydroxylation is 1. The molecule has 0 spiro atoms. The molecule has 0 aliphatic rings. The maximum absolute atomic E-state index is 12.3. The lowest BCUT2D eigenvalue weighted by molar-refractivity contribution is -0.122. The minimum absolute atomic E-state index is 0.000310. The predicted molar refractivity (Wildman–Crippen MR) is 98.2 cm³/mol. The number of para-hydroxylation sites is 1. The SMILES string of the molecule is Cc1ccsc1CN(C)CC(=O)N[C@@H](C)c1cc2ccccc2o1. The molecule has 2 aromatic heterocycles. The van der Waals surface area contributed by atoms with Gasteiger partial charge in [-0.1, -0.05) is 18.2 Å². The second kappa shape index (κ2) is 7.20. The summed E-state index contributed by atoms with van der Waals surface area (Å²) in [6.07, 6.45) is 0. The van der Waals surface area contributed by atoms with Crippen LogP contribution in [0.4, 0.5) is 0 Å². The van der Waals surface area contributed by atoms with Crippen LogP contribution in [0.3, 0.4) is 0 Å². The van der Waals surface area contributed by atoms with E-state index in [0.29, 0.717) is 6.54 Å². The van der Waals surface area contributed by atoms with E-state index in [2.05, 4.69) is 23.7 Å². The Morgan fingerprint density at radius 3 is 2.83 bits per heavy atom. The monoisotopic (exact) mass is 342 g/mol. The number of amides is 1. The van der Waals surface area contributed by atoms with Crippen molar-refractivity contribution in [1.29, 1.82) is 0 Å². The molecule has 0 radical (unpaired) electrons. The molecule has 0 aliphatic carbocycles. The van der Waals surface area contributed by atoms with Crippen molar-refractivity contribution in [2.75, 3.05) is 13.6 Å². The van der Waals surface area contributed by atoms with E-state index in [1.165, 1.54) is 10.4 Å². The number of likely N-dealkylation sites (N-methyl/N-ethyl adjacent to an activating group) is 1. The third kappa shape index (κ3) is 3.86. The van der Waals surface area contributed by atoms with Gasteiger partial charge in [0.2, 0.25) is 5.91 Å². The first kappa shape index (κ1) is 16.7. The summed E-state index contributed by atoms with van der Waals surface area (Å²) in [5.41, 5.74) is 2.13. The summed E-state index contributed by atoms with van der Waals surface area (Å²) < 4.78 is 5.81. The molecule has 3 rings (SSSR count). The molecule has 0 bridgehead atoms.